The van der Waals surface area contributed by atoms with Crippen molar-refractivity contribution in [2.75, 3.05) is 19.3 Å². The fraction of sp³-hybridized carbons (Fsp3) is 0.583. The first kappa shape index (κ1) is 15.8. The Bertz CT molecular complexity index is 397. The molecular formula is C12H19ClN2OS2. The molecule has 0 bridgehead atoms. The molecule has 2 unspecified atom stereocenters. The summed E-state index contributed by atoms with van der Waals surface area (Å²) in [6, 6.07) is 2.32. The van der Waals surface area contributed by atoms with E-state index in [1.54, 1.807) is 11.8 Å². The molecular weight excluding hydrogens is 288 g/mol. The van der Waals surface area contributed by atoms with E-state index in [2.05, 4.69) is 17.6 Å². The number of rotatable bonds is 3. The van der Waals surface area contributed by atoms with E-state index in [1.807, 2.05) is 17.7 Å². The molecule has 1 amide bonds. The SMILES string of the molecule is CSc1ccsc1C(=O)NC1CCNCC1C.Cl. The van der Waals surface area contributed by atoms with E-state index in [4.69, 9.17) is 0 Å². The Morgan fingerprint density at radius 3 is 3.06 bits per heavy atom. The van der Waals surface area contributed by atoms with Crippen molar-refractivity contribution < 1.29 is 4.79 Å². The summed E-state index contributed by atoms with van der Waals surface area (Å²) in [6.45, 7) is 4.17. The van der Waals surface area contributed by atoms with Gasteiger partial charge in [0, 0.05) is 10.9 Å². The van der Waals surface area contributed by atoms with E-state index >= 15 is 0 Å². The first-order valence-corrected chi connectivity index (χ1v) is 7.96. The summed E-state index contributed by atoms with van der Waals surface area (Å²) >= 11 is 3.15. The van der Waals surface area contributed by atoms with Gasteiger partial charge in [0.05, 0.1) is 0 Å². The maximum absolute atomic E-state index is 12.2. The molecule has 0 aliphatic carbocycles. The molecule has 18 heavy (non-hydrogen) atoms. The van der Waals surface area contributed by atoms with Crippen molar-refractivity contribution in [1.29, 1.82) is 0 Å². The van der Waals surface area contributed by atoms with E-state index in [0.717, 1.165) is 29.3 Å². The average molecular weight is 307 g/mol. The van der Waals surface area contributed by atoms with Gasteiger partial charge in [-0.25, -0.2) is 0 Å². The van der Waals surface area contributed by atoms with Gasteiger partial charge in [0.25, 0.3) is 5.91 Å². The maximum Gasteiger partial charge on any atom is 0.262 e. The van der Waals surface area contributed by atoms with Crippen LogP contribution in [-0.2, 0) is 0 Å². The minimum Gasteiger partial charge on any atom is -0.348 e. The zero-order valence-electron chi connectivity index (χ0n) is 10.6. The molecule has 1 saturated heterocycles. The Hall–Kier alpha value is -0.230. The van der Waals surface area contributed by atoms with Gasteiger partial charge in [-0.05, 0) is 43.1 Å². The first-order chi connectivity index (χ1) is 8.22. The maximum atomic E-state index is 12.2. The van der Waals surface area contributed by atoms with E-state index in [9.17, 15) is 4.79 Å². The van der Waals surface area contributed by atoms with Crippen LogP contribution in [0.2, 0.25) is 0 Å². The summed E-state index contributed by atoms with van der Waals surface area (Å²) in [5, 5.41) is 8.48. The van der Waals surface area contributed by atoms with Crippen molar-refractivity contribution in [3.63, 3.8) is 0 Å². The summed E-state index contributed by atoms with van der Waals surface area (Å²) < 4.78 is 0. The van der Waals surface area contributed by atoms with Crippen LogP contribution in [0.4, 0.5) is 0 Å². The van der Waals surface area contributed by atoms with Crippen LogP contribution in [0.1, 0.15) is 23.0 Å². The fourth-order valence-corrected chi connectivity index (χ4v) is 3.74. The van der Waals surface area contributed by atoms with E-state index in [0.29, 0.717) is 12.0 Å². The third kappa shape index (κ3) is 3.63. The molecule has 0 aromatic carbocycles. The van der Waals surface area contributed by atoms with Gasteiger partial charge in [-0.2, -0.15) is 0 Å². The number of thioether (sulfide) groups is 1. The first-order valence-electron chi connectivity index (χ1n) is 5.85. The Kier molecular flexibility index (Phi) is 6.49. The predicted molar refractivity (Wildman–Crippen MR) is 81.3 cm³/mol. The van der Waals surface area contributed by atoms with E-state index < -0.39 is 0 Å². The van der Waals surface area contributed by atoms with E-state index in [-0.39, 0.29) is 18.3 Å². The summed E-state index contributed by atoms with van der Waals surface area (Å²) in [5.74, 6) is 0.591. The van der Waals surface area contributed by atoms with Crippen molar-refractivity contribution in [3.8, 4) is 0 Å². The number of hydrogen-bond donors (Lipinski definition) is 2. The number of carbonyl (C=O) groups excluding carboxylic acids is 1. The lowest BCUT2D eigenvalue weighted by Gasteiger charge is -2.30. The molecule has 1 aliphatic rings. The summed E-state index contributed by atoms with van der Waals surface area (Å²) in [6.07, 6.45) is 3.03. The molecule has 1 aromatic rings. The highest BCUT2D eigenvalue weighted by Crippen LogP contribution is 2.25. The number of amides is 1. The van der Waals surface area contributed by atoms with Crippen LogP contribution in [0.3, 0.4) is 0 Å². The molecule has 6 heteroatoms. The topological polar surface area (TPSA) is 41.1 Å². The van der Waals surface area contributed by atoms with Crippen LogP contribution in [0, 0.1) is 5.92 Å². The molecule has 2 N–H and O–H groups in total. The zero-order chi connectivity index (χ0) is 12.3. The van der Waals surface area contributed by atoms with Crippen molar-refractivity contribution in [2.24, 2.45) is 5.92 Å². The predicted octanol–water partition coefficient (Wildman–Crippen LogP) is 2.62. The number of halogens is 1. The van der Waals surface area contributed by atoms with Gasteiger partial charge in [-0.3, -0.25) is 4.79 Å². The van der Waals surface area contributed by atoms with Gasteiger partial charge in [-0.1, -0.05) is 6.92 Å². The molecule has 1 aromatic heterocycles. The van der Waals surface area contributed by atoms with Gasteiger partial charge in [0.15, 0.2) is 0 Å². The molecule has 0 spiro atoms. The third-order valence-electron chi connectivity index (χ3n) is 3.16. The summed E-state index contributed by atoms with van der Waals surface area (Å²) in [4.78, 5) is 14.1. The lowest BCUT2D eigenvalue weighted by atomic mass is 9.95. The van der Waals surface area contributed by atoms with Gasteiger partial charge >= 0.3 is 0 Å². The lowest BCUT2D eigenvalue weighted by molar-refractivity contribution is 0.0915. The lowest BCUT2D eigenvalue weighted by Crippen LogP contribution is -2.48. The highest BCUT2D eigenvalue weighted by molar-refractivity contribution is 7.98. The van der Waals surface area contributed by atoms with Crippen molar-refractivity contribution in [3.05, 3.63) is 16.3 Å². The van der Waals surface area contributed by atoms with Crippen LogP contribution in [0.25, 0.3) is 0 Å². The molecule has 0 saturated carbocycles. The quantitative estimate of drug-likeness (QED) is 0.844. The molecule has 1 fully saturated rings. The van der Waals surface area contributed by atoms with Gasteiger partial charge in [-0.15, -0.1) is 35.5 Å². The number of nitrogens with one attached hydrogen (secondary N) is 2. The number of thiophene rings is 1. The Balaban J connectivity index is 0.00000162. The van der Waals surface area contributed by atoms with E-state index in [1.165, 1.54) is 11.3 Å². The minimum atomic E-state index is 0. The largest absolute Gasteiger partial charge is 0.348 e. The zero-order valence-corrected chi connectivity index (χ0v) is 13.0. The molecule has 0 radical (unpaired) electrons. The molecule has 1 aliphatic heterocycles. The third-order valence-corrected chi connectivity index (χ3v) is 4.98. The van der Waals surface area contributed by atoms with Crippen LogP contribution in [0.5, 0.6) is 0 Å². The normalized spacial score (nSPS) is 23.2. The molecule has 3 nitrogen and oxygen atoms in total. The Labute approximate surface area is 123 Å². The number of piperidine rings is 1. The molecule has 2 atom stereocenters. The average Bonchev–Trinajstić information content (AvgIpc) is 2.80. The second kappa shape index (κ2) is 7.38. The van der Waals surface area contributed by atoms with Crippen LogP contribution < -0.4 is 10.6 Å². The Morgan fingerprint density at radius 2 is 2.39 bits per heavy atom. The van der Waals surface area contributed by atoms with Crippen molar-refractivity contribution in [2.45, 2.75) is 24.3 Å². The fourth-order valence-electron chi connectivity index (χ4n) is 2.09. The highest BCUT2D eigenvalue weighted by Gasteiger charge is 2.24. The summed E-state index contributed by atoms with van der Waals surface area (Å²) in [5.41, 5.74) is 0. The van der Waals surface area contributed by atoms with Gasteiger partial charge < -0.3 is 10.6 Å². The smallest absolute Gasteiger partial charge is 0.262 e. The monoisotopic (exact) mass is 306 g/mol. The second-order valence-corrected chi connectivity index (χ2v) is 6.13. The molecule has 2 rings (SSSR count). The number of hydrogen-bond acceptors (Lipinski definition) is 4. The molecule has 102 valence electrons. The van der Waals surface area contributed by atoms with Crippen LogP contribution in [-0.4, -0.2) is 31.3 Å². The van der Waals surface area contributed by atoms with Crippen LogP contribution in [0.15, 0.2) is 16.3 Å². The molecule has 2 heterocycles. The minimum absolute atomic E-state index is 0. The number of carbonyl (C=O) groups is 1. The van der Waals surface area contributed by atoms with Gasteiger partial charge in [0.1, 0.15) is 4.88 Å². The van der Waals surface area contributed by atoms with Crippen molar-refractivity contribution >= 4 is 41.4 Å². The van der Waals surface area contributed by atoms with Gasteiger partial charge in [0.2, 0.25) is 0 Å². The highest BCUT2D eigenvalue weighted by atomic mass is 35.5. The Morgan fingerprint density at radius 1 is 1.61 bits per heavy atom. The summed E-state index contributed by atoms with van der Waals surface area (Å²) in [7, 11) is 0. The van der Waals surface area contributed by atoms with Crippen LogP contribution >= 0.6 is 35.5 Å². The second-order valence-electron chi connectivity index (χ2n) is 4.37. The standard InChI is InChI=1S/C12H18N2OS2.ClH/c1-8-7-13-5-3-9(8)14-12(15)11-10(16-2)4-6-17-11;/h4,6,8-9,13H,3,5,7H2,1-2H3,(H,14,15);1H. The van der Waals surface area contributed by atoms with Crippen molar-refractivity contribution in [1.82, 2.24) is 10.6 Å².